The monoisotopic (exact) mass is 432 g/mol. The number of H-pyrrole nitrogens is 1. The molecule has 0 aliphatic rings. The lowest BCUT2D eigenvalue weighted by Gasteiger charge is -2.06. The number of unbranched alkanes of at least 4 members (excludes halogenated alkanes) is 1. The zero-order chi connectivity index (χ0) is 20.4. The number of nitrogens with zero attached hydrogens (tertiary/aromatic N) is 5. The van der Waals surface area contributed by atoms with Crippen molar-refractivity contribution in [3.8, 4) is 10.8 Å². The van der Waals surface area contributed by atoms with E-state index in [0.29, 0.717) is 46.9 Å². The fraction of sp³-hybridized carbons (Fsp3) is 0.389. The molecule has 152 valence electrons. The van der Waals surface area contributed by atoms with Gasteiger partial charge in [0.05, 0.1) is 10.6 Å². The average Bonchev–Trinajstić information content (AvgIpc) is 3.44. The van der Waals surface area contributed by atoms with Crippen LogP contribution in [-0.2, 0) is 18.8 Å². The van der Waals surface area contributed by atoms with Crippen molar-refractivity contribution in [3.63, 3.8) is 0 Å². The van der Waals surface area contributed by atoms with E-state index >= 15 is 0 Å². The van der Waals surface area contributed by atoms with Crippen LogP contribution in [0.3, 0.4) is 0 Å². The van der Waals surface area contributed by atoms with Gasteiger partial charge in [-0.3, -0.25) is 14.3 Å². The molecule has 4 rings (SSSR count). The molecule has 0 atom stereocenters. The maximum atomic E-state index is 12.5. The molecule has 0 saturated carbocycles. The number of rotatable bonds is 8. The fourth-order valence-corrected chi connectivity index (χ4v) is 4.44. The van der Waals surface area contributed by atoms with Gasteiger partial charge in [-0.1, -0.05) is 31.2 Å². The average molecular weight is 433 g/mol. The van der Waals surface area contributed by atoms with Crippen LogP contribution in [0.2, 0.25) is 0 Å². The molecule has 0 fully saturated rings. The number of imidazole rings is 1. The Morgan fingerprint density at radius 2 is 2.10 bits per heavy atom. The fourth-order valence-electron chi connectivity index (χ4n) is 3.09. The first-order valence-corrected chi connectivity index (χ1v) is 11.2. The Bertz CT molecular complexity index is 1230. The molecule has 11 heteroatoms. The molecule has 0 aliphatic heterocycles. The van der Waals surface area contributed by atoms with E-state index in [9.17, 15) is 9.59 Å². The van der Waals surface area contributed by atoms with Crippen LogP contribution in [0.15, 0.2) is 36.7 Å². The van der Waals surface area contributed by atoms with Crippen LogP contribution in [-0.4, -0.2) is 29.3 Å². The first kappa shape index (κ1) is 19.6. The van der Waals surface area contributed by atoms with Crippen LogP contribution < -0.4 is 11.2 Å². The minimum Gasteiger partial charge on any atom is -0.410 e. The van der Waals surface area contributed by atoms with Crippen LogP contribution in [0.25, 0.3) is 21.9 Å². The van der Waals surface area contributed by atoms with Crippen LogP contribution in [0.1, 0.15) is 32.5 Å². The predicted molar refractivity (Wildman–Crippen MR) is 112 cm³/mol. The molecule has 4 aromatic rings. The Morgan fingerprint density at radius 3 is 2.83 bits per heavy atom. The molecule has 0 spiro atoms. The number of aromatic amines is 1. The van der Waals surface area contributed by atoms with E-state index in [1.54, 1.807) is 4.57 Å². The van der Waals surface area contributed by atoms with Crippen molar-refractivity contribution < 1.29 is 4.42 Å². The molecule has 0 aliphatic carbocycles. The molecule has 0 bridgehead atoms. The molecule has 9 nitrogen and oxygen atoms in total. The smallest absolute Gasteiger partial charge is 0.330 e. The summed E-state index contributed by atoms with van der Waals surface area (Å²) in [6, 6.07) is 3.85. The summed E-state index contributed by atoms with van der Waals surface area (Å²) in [7, 11) is 0. The van der Waals surface area contributed by atoms with Gasteiger partial charge < -0.3 is 8.98 Å². The summed E-state index contributed by atoms with van der Waals surface area (Å²) in [6.45, 7) is 5.07. The van der Waals surface area contributed by atoms with Gasteiger partial charge in [-0.15, -0.1) is 21.5 Å². The van der Waals surface area contributed by atoms with E-state index in [1.807, 2.05) is 29.0 Å². The van der Waals surface area contributed by atoms with Crippen molar-refractivity contribution in [2.75, 3.05) is 0 Å². The third-order valence-corrected chi connectivity index (χ3v) is 6.15. The summed E-state index contributed by atoms with van der Waals surface area (Å²) in [5.74, 6) is 1.61. The van der Waals surface area contributed by atoms with Crippen LogP contribution in [0, 0.1) is 0 Å². The predicted octanol–water partition coefficient (Wildman–Crippen LogP) is 3.11. The Hall–Kier alpha value is -2.66. The van der Waals surface area contributed by atoms with Gasteiger partial charge in [0.25, 0.3) is 16.7 Å². The Balaban J connectivity index is 1.66. The summed E-state index contributed by atoms with van der Waals surface area (Å²) in [5, 5.41) is 10.5. The highest BCUT2D eigenvalue weighted by molar-refractivity contribution is 7.98. The lowest BCUT2D eigenvalue weighted by Crippen LogP contribution is -2.31. The Labute approximate surface area is 173 Å². The molecule has 4 heterocycles. The lowest BCUT2D eigenvalue weighted by atomic mass is 10.3. The highest BCUT2D eigenvalue weighted by atomic mass is 32.2. The quantitative estimate of drug-likeness (QED) is 0.426. The standard InChI is InChI=1S/C18H20N6O3S2/c1-3-5-8-24-14-13(15(25)20-17(24)26)23(4-2)12(19-14)10-29-18-22-21-16(27-18)11-7-6-9-28-11/h6-7,9H,3-5,8,10H2,1-2H3,(H,20,25,26). The first-order valence-electron chi connectivity index (χ1n) is 9.34. The van der Waals surface area contributed by atoms with E-state index in [0.717, 1.165) is 17.7 Å². The molecule has 0 aromatic carbocycles. The summed E-state index contributed by atoms with van der Waals surface area (Å²) in [5.41, 5.74) is 0.00702. The Kier molecular flexibility index (Phi) is 5.67. The van der Waals surface area contributed by atoms with E-state index in [2.05, 4.69) is 27.1 Å². The number of aromatic nitrogens is 6. The van der Waals surface area contributed by atoms with Gasteiger partial charge >= 0.3 is 5.69 Å². The van der Waals surface area contributed by atoms with Crippen molar-refractivity contribution >= 4 is 34.3 Å². The van der Waals surface area contributed by atoms with Gasteiger partial charge in [-0.2, -0.15) is 0 Å². The largest absolute Gasteiger partial charge is 0.410 e. The van der Waals surface area contributed by atoms with Gasteiger partial charge in [0.1, 0.15) is 5.82 Å². The van der Waals surface area contributed by atoms with Crippen LogP contribution >= 0.6 is 23.1 Å². The van der Waals surface area contributed by atoms with Gasteiger partial charge in [0, 0.05) is 13.1 Å². The normalized spacial score (nSPS) is 11.5. The SMILES string of the molecule is CCCCn1c(=O)[nH]c(=O)c2c1nc(CSc1nnc(-c3cccs3)o1)n2CC. The lowest BCUT2D eigenvalue weighted by molar-refractivity contribution is 0.466. The maximum Gasteiger partial charge on any atom is 0.330 e. The first-order chi connectivity index (χ1) is 14.1. The van der Waals surface area contributed by atoms with Crippen molar-refractivity contribution in [2.45, 2.75) is 50.8 Å². The van der Waals surface area contributed by atoms with Gasteiger partial charge in [-0.25, -0.2) is 9.78 Å². The highest BCUT2D eigenvalue weighted by Crippen LogP contribution is 2.28. The molecule has 0 radical (unpaired) electrons. The van der Waals surface area contributed by atoms with Crippen molar-refractivity contribution in [1.82, 2.24) is 29.3 Å². The van der Waals surface area contributed by atoms with Gasteiger partial charge in [-0.05, 0) is 24.8 Å². The van der Waals surface area contributed by atoms with Crippen molar-refractivity contribution in [1.29, 1.82) is 0 Å². The summed E-state index contributed by atoms with van der Waals surface area (Å²) in [6.07, 6.45) is 1.77. The minimum atomic E-state index is -0.423. The zero-order valence-corrected chi connectivity index (χ0v) is 17.7. The molecule has 1 N–H and O–H groups in total. The van der Waals surface area contributed by atoms with E-state index in [-0.39, 0.29) is 0 Å². The minimum absolute atomic E-state index is 0.416. The molecular weight excluding hydrogens is 412 g/mol. The molecule has 0 amide bonds. The van der Waals surface area contributed by atoms with Crippen LogP contribution in [0.4, 0.5) is 0 Å². The van der Waals surface area contributed by atoms with E-state index in [1.165, 1.54) is 23.1 Å². The summed E-state index contributed by atoms with van der Waals surface area (Å²) >= 11 is 2.88. The number of thioether (sulfide) groups is 1. The van der Waals surface area contributed by atoms with Gasteiger partial charge in [0.15, 0.2) is 11.2 Å². The number of fused-ring (bicyclic) bond motifs is 1. The van der Waals surface area contributed by atoms with Gasteiger partial charge in [0.2, 0.25) is 0 Å². The molecule has 4 aromatic heterocycles. The highest BCUT2D eigenvalue weighted by Gasteiger charge is 2.19. The molecular formula is C18H20N6O3S2. The van der Waals surface area contributed by atoms with Crippen LogP contribution in [0.5, 0.6) is 0 Å². The number of nitrogens with one attached hydrogen (secondary N) is 1. The topological polar surface area (TPSA) is 112 Å². The third kappa shape index (κ3) is 3.79. The molecule has 0 saturated heterocycles. The van der Waals surface area contributed by atoms with Crippen molar-refractivity contribution in [2.24, 2.45) is 0 Å². The number of hydrogen-bond acceptors (Lipinski definition) is 8. The van der Waals surface area contributed by atoms with E-state index < -0.39 is 11.2 Å². The maximum absolute atomic E-state index is 12.5. The number of thiophene rings is 1. The molecule has 29 heavy (non-hydrogen) atoms. The second-order valence-corrected chi connectivity index (χ2v) is 8.22. The summed E-state index contributed by atoms with van der Waals surface area (Å²) in [4.78, 5) is 32.7. The van der Waals surface area contributed by atoms with E-state index in [4.69, 9.17) is 4.42 Å². The number of hydrogen-bond donors (Lipinski definition) is 1. The van der Waals surface area contributed by atoms with Crippen molar-refractivity contribution in [3.05, 3.63) is 44.2 Å². The molecule has 0 unspecified atom stereocenters. The summed E-state index contributed by atoms with van der Waals surface area (Å²) < 4.78 is 9.08. The second kappa shape index (κ2) is 8.37. The second-order valence-electron chi connectivity index (χ2n) is 6.35. The zero-order valence-electron chi connectivity index (χ0n) is 16.0. The Morgan fingerprint density at radius 1 is 1.24 bits per heavy atom. The third-order valence-electron chi connectivity index (χ3n) is 4.48. The number of aryl methyl sites for hydroxylation is 2.